The third-order valence-electron chi connectivity index (χ3n) is 2.04. The average Bonchev–Trinajstić information content (AvgIpc) is 2.56. The van der Waals surface area contributed by atoms with Gasteiger partial charge in [-0.3, -0.25) is 0 Å². The van der Waals surface area contributed by atoms with Crippen molar-refractivity contribution in [1.82, 2.24) is 0 Å². The lowest BCUT2D eigenvalue weighted by Crippen LogP contribution is -1.86. The molecule has 14 heavy (non-hydrogen) atoms. The molecule has 0 unspecified atom stereocenters. The van der Waals surface area contributed by atoms with Gasteiger partial charge in [0.2, 0.25) is 0 Å². The number of benzene rings is 1. The van der Waals surface area contributed by atoms with Gasteiger partial charge in [0.15, 0.2) is 0 Å². The molecule has 0 saturated carbocycles. The lowest BCUT2D eigenvalue weighted by atomic mass is 10.2. The number of hydrogen-bond donors (Lipinski definition) is 0. The van der Waals surface area contributed by atoms with Crippen molar-refractivity contribution < 1.29 is 9.78 Å². The highest BCUT2D eigenvalue weighted by Gasteiger charge is 2.01. The van der Waals surface area contributed by atoms with Crippen LogP contribution in [0.5, 0.6) is 0 Å². The van der Waals surface area contributed by atoms with Crippen molar-refractivity contribution in [3.8, 4) is 0 Å². The standard InChI is InChI=1S/C11H12O2S/c1-8-3-4-11-9(5-8)6-10(14-11)7-13-12-2/h3-6H,7H2,1-2H3. The summed E-state index contributed by atoms with van der Waals surface area (Å²) >= 11 is 1.74. The van der Waals surface area contributed by atoms with Gasteiger partial charge in [0.1, 0.15) is 6.61 Å². The largest absolute Gasteiger partial charge is 0.240 e. The van der Waals surface area contributed by atoms with Crippen molar-refractivity contribution in [3.63, 3.8) is 0 Å². The van der Waals surface area contributed by atoms with Gasteiger partial charge in [0, 0.05) is 9.58 Å². The zero-order chi connectivity index (χ0) is 9.97. The van der Waals surface area contributed by atoms with Gasteiger partial charge in [-0.2, -0.15) is 0 Å². The SMILES string of the molecule is COOCc1cc2cc(C)ccc2s1. The first-order valence-corrected chi connectivity index (χ1v) is 5.26. The van der Waals surface area contributed by atoms with E-state index in [1.54, 1.807) is 11.3 Å². The van der Waals surface area contributed by atoms with E-state index in [0.717, 1.165) is 0 Å². The predicted octanol–water partition coefficient (Wildman–Crippen LogP) is 3.29. The van der Waals surface area contributed by atoms with E-state index < -0.39 is 0 Å². The monoisotopic (exact) mass is 208 g/mol. The highest BCUT2D eigenvalue weighted by atomic mass is 32.1. The van der Waals surface area contributed by atoms with E-state index in [2.05, 4.69) is 36.1 Å². The minimum Gasteiger partial charge on any atom is -0.240 e. The molecule has 2 nitrogen and oxygen atoms in total. The van der Waals surface area contributed by atoms with Crippen LogP contribution >= 0.6 is 11.3 Å². The molecule has 0 amide bonds. The Morgan fingerprint density at radius 1 is 1.29 bits per heavy atom. The fraction of sp³-hybridized carbons (Fsp3) is 0.273. The third kappa shape index (κ3) is 1.95. The van der Waals surface area contributed by atoms with Crippen molar-refractivity contribution in [2.45, 2.75) is 13.5 Å². The summed E-state index contributed by atoms with van der Waals surface area (Å²) < 4.78 is 1.30. The summed E-state index contributed by atoms with van der Waals surface area (Å²) in [6, 6.07) is 8.60. The molecule has 0 saturated heterocycles. The summed E-state index contributed by atoms with van der Waals surface area (Å²) in [6.07, 6.45) is 0. The van der Waals surface area contributed by atoms with Crippen LogP contribution in [0.2, 0.25) is 0 Å². The topological polar surface area (TPSA) is 18.5 Å². The highest BCUT2D eigenvalue weighted by Crippen LogP contribution is 2.26. The summed E-state index contributed by atoms with van der Waals surface area (Å²) in [6.45, 7) is 2.62. The maximum Gasteiger partial charge on any atom is 0.116 e. The summed E-state index contributed by atoms with van der Waals surface area (Å²) in [5.74, 6) is 0. The molecule has 2 rings (SSSR count). The van der Waals surface area contributed by atoms with E-state index in [-0.39, 0.29) is 0 Å². The van der Waals surface area contributed by atoms with E-state index in [1.165, 1.54) is 27.6 Å². The maximum absolute atomic E-state index is 4.89. The van der Waals surface area contributed by atoms with E-state index >= 15 is 0 Å². The molecule has 1 heterocycles. The van der Waals surface area contributed by atoms with Crippen molar-refractivity contribution in [1.29, 1.82) is 0 Å². The fourth-order valence-electron chi connectivity index (χ4n) is 1.41. The molecular formula is C11H12O2S. The Labute approximate surface area is 87.0 Å². The third-order valence-corrected chi connectivity index (χ3v) is 3.13. The van der Waals surface area contributed by atoms with Gasteiger partial charge in [-0.25, -0.2) is 9.78 Å². The molecule has 0 fully saturated rings. The van der Waals surface area contributed by atoms with Gasteiger partial charge < -0.3 is 0 Å². The van der Waals surface area contributed by atoms with E-state index in [0.29, 0.717) is 6.61 Å². The van der Waals surface area contributed by atoms with Crippen molar-refractivity contribution in [2.24, 2.45) is 0 Å². The molecule has 0 N–H and O–H groups in total. The summed E-state index contributed by atoms with van der Waals surface area (Å²) in [7, 11) is 1.53. The van der Waals surface area contributed by atoms with Gasteiger partial charge in [0.05, 0.1) is 7.11 Å². The first-order chi connectivity index (χ1) is 6.79. The number of fused-ring (bicyclic) bond motifs is 1. The van der Waals surface area contributed by atoms with Crippen LogP contribution in [-0.2, 0) is 16.4 Å². The Bertz CT molecular complexity index is 434. The van der Waals surface area contributed by atoms with Crippen LogP contribution < -0.4 is 0 Å². The molecule has 0 radical (unpaired) electrons. The molecule has 74 valence electrons. The lowest BCUT2D eigenvalue weighted by Gasteiger charge is -1.93. The van der Waals surface area contributed by atoms with Crippen LogP contribution in [0, 0.1) is 6.92 Å². The molecule has 3 heteroatoms. The predicted molar refractivity (Wildman–Crippen MR) is 58.4 cm³/mol. The maximum atomic E-state index is 4.89. The molecule has 2 aromatic rings. The van der Waals surface area contributed by atoms with Gasteiger partial charge in [-0.05, 0) is 24.4 Å². The highest BCUT2D eigenvalue weighted by molar-refractivity contribution is 7.19. The zero-order valence-electron chi connectivity index (χ0n) is 8.24. The molecular weight excluding hydrogens is 196 g/mol. The number of hydrogen-bond acceptors (Lipinski definition) is 3. The van der Waals surface area contributed by atoms with Crippen LogP contribution in [0.25, 0.3) is 10.1 Å². The molecule has 1 aromatic carbocycles. The van der Waals surface area contributed by atoms with Crippen LogP contribution in [-0.4, -0.2) is 7.11 Å². The van der Waals surface area contributed by atoms with Crippen molar-refractivity contribution >= 4 is 21.4 Å². The van der Waals surface area contributed by atoms with Gasteiger partial charge in [-0.15, -0.1) is 11.3 Å². The second-order valence-corrected chi connectivity index (χ2v) is 4.35. The van der Waals surface area contributed by atoms with E-state index in [9.17, 15) is 0 Å². The summed E-state index contributed by atoms with van der Waals surface area (Å²) in [4.78, 5) is 10.6. The second kappa shape index (κ2) is 4.09. The van der Waals surface area contributed by atoms with Gasteiger partial charge >= 0.3 is 0 Å². The smallest absolute Gasteiger partial charge is 0.116 e. The van der Waals surface area contributed by atoms with Crippen LogP contribution in [0.1, 0.15) is 10.4 Å². The summed E-state index contributed by atoms with van der Waals surface area (Å²) in [5, 5.41) is 1.28. The number of rotatable bonds is 3. The Morgan fingerprint density at radius 2 is 2.14 bits per heavy atom. The number of aryl methyl sites for hydroxylation is 1. The van der Waals surface area contributed by atoms with Crippen LogP contribution in [0.3, 0.4) is 0 Å². The average molecular weight is 208 g/mol. The van der Waals surface area contributed by atoms with Crippen molar-refractivity contribution in [2.75, 3.05) is 7.11 Å². The Hall–Kier alpha value is -0.900. The quantitative estimate of drug-likeness (QED) is 0.569. The normalized spacial score (nSPS) is 11.0. The van der Waals surface area contributed by atoms with Gasteiger partial charge in [-0.1, -0.05) is 17.7 Å². The molecule has 0 aliphatic heterocycles. The molecule has 0 aliphatic carbocycles. The summed E-state index contributed by atoms with van der Waals surface area (Å²) in [5.41, 5.74) is 1.29. The molecule has 0 spiro atoms. The molecule has 0 atom stereocenters. The first-order valence-electron chi connectivity index (χ1n) is 4.44. The molecule has 0 bridgehead atoms. The van der Waals surface area contributed by atoms with Crippen molar-refractivity contribution in [3.05, 3.63) is 34.7 Å². The Balaban J connectivity index is 2.32. The minimum atomic E-state index is 0.523. The minimum absolute atomic E-state index is 0.523. The molecule has 0 aliphatic rings. The molecule has 1 aromatic heterocycles. The lowest BCUT2D eigenvalue weighted by molar-refractivity contribution is -0.281. The van der Waals surface area contributed by atoms with E-state index in [4.69, 9.17) is 4.89 Å². The van der Waals surface area contributed by atoms with Crippen LogP contribution in [0.4, 0.5) is 0 Å². The van der Waals surface area contributed by atoms with E-state index in [1.807, 2.05) is 0 Å². The zero-order valence-corrected chi connectivity index (χ0v) is 9.06. The number of thiophene rings is 1. The fourth-order valence-corrected chi connectivity index (χ4v) is 2.35. The Morgan fingerprint density at radius 3 is 2.93 bits per heavy atom. The van der Waals surface area contributed by atoms with Crippen LogP contribution in [0.15, 0.2) is 24.3 Å². The first kappa shape index (κ1) is 9.65. The Kier molecular flexibility index (Phi) is 2.82. The van der Waals surface area contributed by atoms with Gasteiger partial charge in [0.25, 0.3) is 0 Å². The second-order valence-electron chi connectivity index (χ2n) is 3.18.